The Morgan fingerprint density at radius 3 is 2.67 bits per heavy atom. The van der Waals surface area contributed by atoms with Crippen molar-refractivity contribution >= 4 is 11.8 Å². The maximum atomic E-state index is 6.61. The summed E-state index contributed by atoms with van der Waals surface area (Å²) in [6.45, 7) is 6.68. The van der Waals surface area contributed by atoms with Gasteiger partial charge < -0.3 is 9.47 Å². The van der Waals surface area contributed by atoms with Crippen LogP contribution in [0.25, 0.3) is 0 Å². The summed E-state index contributed by atoms with van der Waals surface area (Å²) in [7, 11) is 0. The molecule has 1 aliphatic carbocycles. The minimum atomic E-state index is -0.688. The van der Waals surface area contributed by atoms with Crippen molar-refractivity contribution in [3.8, 4) is 0 Å². The van der Waals surface area contributed by atoms with Crippen LogP contribution < -0.4 is 0 Å². The smallest absolute Gasteiger partial charge is 0.201 e. The molecule has 6 rings (SSSR count). The molecule has 0 radical (unpaired) electrons. The number of thioether (sulfide) groups is 1. The lowest BCUT2D eigenvalue weighted by Gasteiger charge is -2.60. The molecule has 5 aliphatic rings. The van der Waals surface area contributed by atoms with E-state index in [-0.39, 0.29) is 11.7 Å². The molecule has 5 fully saturated rings. The highest BCUT2D eigenvalue weighted by Gasteiger charge is 2.69. The quantitative estimate of drug-likeness (QED) is 0.669. The molecule has 1 aromatic rings. The Kier molecular flexibility index (Phi) is 4.60. The summed E-state index contributed by atoms with van der Waals surface area (Å²) in [5.41, 5.74) is 1.01. The second-order valence-electron chi connectivity index (χ2n) is 9.07. The van der Waals surface area contributed by atoms with Gasteiger partial charge in [0.15, 0.2) is 11.9 Å². The monoisotopic (exact) mass is 390 g/mol. The fraction of sp³-hybridized carbons (Fsp3) is 0.727. The van der Waals surface area contributed by atoms with Gasteiger partial charge in [0, 0.05) is 18.1 Å². The molecule has 8 atom stereocenters. The first-order chi connectivity index (χ1) is 13.0. The van der Waals surface area contributed by atoms with Crippen LogP contribution >= 0.6 is 11.8 Å². The van der Waals surface area contributed by atoms with Crippen LogP contribution in [0.2, 0.25) is 0 Å². The Balaban J connectivity index is 1.43. The van der Waals surface area contributed by atoms with Crippen molar-refractivity contribution in [1.82, 2.24) is 0 Å². The summed E-state index contributed by atoms with van der Waals surface area (Å²) in [6.07, 6.45) is 4.03. The fourth-order valence-corrected chi connectivity index (χ4v) is 7.04. The molecular formula is C22H30O4S. The van der Waals surface area contributed by atoms with Crippen molar-refractivity contribution in [3.63, 3.8) is 0 Å². The van der Waals surface area contributed by atoms with Gasteiger partial charge >= 0.3 is 0 Å². The number of ether oxygens (including phenoxy) is 2. The van der Waals surface area contributed by atoms with Gasteiger partial charge in [0.25, 0.3) is 0 Å². The van der Waals surface area contributed by atoms with Crippen LogP contribution in [0.4, 0.5) is 0 Å². The van der Waals surface area contributed by atoms with E-state index in [1.54, 1.807) is 0 Å². The molecule has 5 heteroatoms. The summed E-state index contributed by atoms with van der Waals surface area (Å²) in [5, 5.41) is 0. The maximum absolute atomic E-state index is 6.61. The van der Waals surface area contributed by atoms with E-state index in [1.165, 1.54) is 12.0 Å². The minimum Gasteiger partial charge on any atom is -0.335 e. The lowest BCUT2D eigenvalue weighted by atomic mass is 9.58. The Bertz CT molecular complexity index is 684. The Labute approximate surface area is 166 Å². The van der Waals surface area contributed by atoms with Crippen LogP contribution in [0.5, 0.6) is 0 Å². The first-order valence-corrected chi connectivity index (χ1v) is 11.4. The van der Waals surface area contributed by atoms with Gasteiger partial charge in [-0.15, -0.1) is 11.8 Å². The van der Waals surface area contributed by atoms with Gasteiger partial charge in [0.05, 0.1) is 0 Å². The second-order valence-corrected chi connectivity index (χ2v) is 10.2. The number of rotatable bonds is 3. The summed E-state index contributed by atoms with van der Waals surface area (Å²) in [6, 6.07) is 10.6. The standard InChI is InChI=1S/C22H30O4S/c1-14-9-10-18-15(2)19(27-13-16-7-5-4-6-8-16)23-20-22(18)17(14)11-12-21(3,24-20)25-26-22/h4-8,14-15,17-20H,9-13H2,1-3H3/t14-,15-,17+,18+,19+,20-,21?,22-/m1/s1. The van der Waals surface area contributed by atoms with Gasteiger partial charge in [0.2, 0.25) is 5.79 Å². The van der Waals surface area contributed by atoms with E-state index in [9.17, 15) is 0 Å². The predicted molar refractivity (Wildman–Crippen MR) is 105 cm³/mol. The van der Waals surface area contributed by atoms with Crippen LogP contribution in [0.15, 0.2) is 30.3 Å². The van der Waals surface area contributed by atoms with E-state index in [4.69, 9.17) is 19.2 Å². The van der Waals surface area contributed by atoms with Gasteiger partial charge in [-0.2, -0.15) is 0 Å². The Hall–Kier alpha value is -0.590. The first-order valence-electron chi connectivity index (χ1n) is 10.4. The van der Waals surface area contributed by atoms with E-state index < -0.39 is 11.4 Å². The molecule has 0 amide bonds. The van der Waals surface area contributed by atoms with E-state index in [2.05, 4.69) is 44.2 Å². The van der Waals surface area contributed by atoms with Crippen LogP contribution in [0, 0.1) is 23.7 Å². The molecule has 4 nitrogen and oxygen atoms in total. The normalized spacial score (nSPS) is 48.7. The van der Waals surface area contributed by atoms with Crippen LogP contribution in [0.1, 0.15) is 52.0 Å². The molecular weight excluding hydrogens is 360 g/mol. The third kappa shape index (κ3) is 2.89. The number of fused-ring (bicyclic) bond motifs is 2. The van der Waals surface area contributed by atoms with Crippen molar-refractivity contribution in [2.45, 2.75) is 75.3 Å². The molecule has 1 aromatic carbocycles. The third-order valence-electron chi connectivity index (χ3n) is 7.35. The maximum Gasteiger partial charge on any atom is 0.201 e. The summed E-state index contributed by atoms with van der Waals surface area (Å²) in [4.78, 5) is 12.1. The zero-order chi connectivity index (χ0) is 18.6. The molecule has 0 N–H and O–H groups in total. The van der Waals surface area contributed by atoms with Gasteiger partial charge in [-0.3, -0.25) is 0 Å². The molecule has 27 heavy (non-hydrogen) atoms. The first kappa shape index (κ1) is 18.4. The van der Waals surface area contributed by atoms with Crippen molar-refractivity contribution in [1.29, 1.82) is 0 Å². The van der Waals surface area contributed by atoms with Crippen LogP contribution in [0.3, 0.4) is 0 Å². The molecule has 148 valence electrons. The van der Waals surface area contributed by atoms with Gasteiger partial charge in [-0.25, -0.2) is 9.78 Å². The number of hydrogen-bond donors (Lipinski definition) is 0. The molecule has 4 saturated heterocycles. The van der Waals surface area contributed by atoms with Crippen molar-refractivity contribution in [2.75, 3.05) is 0 Å². The highest BCUT2D eigenvalue weighted by molar-refractivity contribution is 7.99. The zero-order valence-corrected chi connectivity index (χ0v) is 17.2. The van der Waals surface area contributed by atoms with E-state index in [0.29, 0.717) is 23.7 Å². The topological polar surface area (TPSA) is 36.9 Å². The third-order valence-corrected chi connectivity index (χ3v) is 8.72. The average molecular weight is 391 g/mol. The summed E-state index contributed by atoms with van der Waals surface area (Å²) in [5.74, 6) is 2.13. The molecule has 4 aliphatic heterocycles. The van der Waals surface area contributed by atoms with Crippen LogP contribution in [-0.4, -0.2) is 23.1 Å². The average Bonchev–Trinajstić information content (AvgIpc) is 2.90. The summed E-state index contributed by atoms with van der Waals surface area (Å²) >= 11 is 1.89. The lowest BCUT2D eigenvalue weighted by Crippen LogP contribution is -2.70. The van der Waals surface area contributed by atoms with Crippen molar-refractivity contribution < 1.29 is 19.2 Å². The van der Waals surface area contributed by atoms with Crippen molar-refractivity contribution in [2.24, 2.45) is 23.7 Å². The minimum absolute atomic E-state index is 0.117. The second kappa shape index (κ2) is 6.74. The van der Waals surface area contributed by atoms with Gasteiger partial charge in [-0.05, 0) is 49.5 Å². The molecule has 1 unspecified atom stereocenters. The van der Waals surface area contributed by atoms with Gasteiger partial charge in [0.1, 0.15) is 5.44 Å². The molecule has 1 saturated carbocycles. The SMILES string of the molecule is C[C@H]1[C@H](SCc2ccccc2)O[C@@H]2OC3(C)CC[C@H]4[C@H](C)CC[C@@H]1[C@@]24OO3. The predicted octanol–water partition coefficient (Wildman–Crippen LogP) is 5.13. The Morgan fingerprint density at radius 2 is 1.85 bits per heavy atom. The highest BCUT2D eigenvalue weighted by atomic mass is 32.2. The molecule has 0 aromatic heterocycles. The highest BCUT2D eigenvalue weighted by Crippen LogP contribution is 2.61. The largest absolute Gasteiger partial charge is 0.335 e. The Morgan fingerprint density at radius 1 is 1.04 bits per heavy atom. The zero-order valence-electron chi connectivity index (χ0n) is 16.4. The number of hydrogen-bond acceptors (Lipinski definition) is 5. The molecule has 4 heterocycles. The fourth-order valence-electron chi connectivity index (χ4n) is 5.82. The lowest BCUT2D eigenvalue weighted by molar-refractivity contribution is -0.568. The van der Waals surface area contributed by atoms with E-state index in [0.717, 1.165) is 25.0 Å². The van der Waals surface area contributed by atoms with E-state index >= 15 is 0 Å². The summed E-state index contributed by atoms with van der Waals surface area (Å²) < 4.78 is 13.0. The van der Waals surface area contributed by atoms with Gasteiger partial charge in [-0.1, -0.05) is 44.2 Å². The molecule has 2 bridgehead atoms. The van der Waals surface area contributed by atoms with Crippen molar-refractivity contribution in [3.05, 3.63) is 35.9 Å². The number of benzene rings is 1. The van der Waals surface area contributed by atoms with E-state index in [1.807, 2.05) is 18.7 Å². The molecule has 1 spiro atoms. The van der Waals surface area contributed by atoms with Crippen LogP contribution in [-0.2, 0) is 25.0 Å².